The molecule has 1 aliphatic heterocycles. The predicted octanol–water partition coefficient (Wildman–Crippen LogP) is 1.60. The number of rotatable bonds is 3. The highest BCUT2D eigenvalue weighted by Crippen LogP contribution is 2.26. The van der Waals surface area contributed by atoms with Crippen LogP contribution in [0.4, 0.5) is 0 Å². The average Bonchev–Trinajstić information content (AvgIpc) is 3.09. The predicted molar refractivity (Wildman–Crippen MR) is 83.0 cm³/mol. The van der Waals surface area contributed by atoms with Crippen LogP contribution in [0.5, 0.6) is 0 Å². The topological polar surface area (TPSA) is 63.9 Å². The monoisotopic (exact) mass is 299 g/mol. The maximum atomic E-state index is 11.5. The Morgan fingerprint density at radius 1 is 1.32 bits per heavy atom. The van der Waals surface area contributed by atoms with E-state index in [9.17, 15) is 4.79 Å². The van der Waals surface area contributed by atoms with Gasteiger partial charge >= 0.3 is 0 Å². The normalized spacial score (nSPS) is 18.0. The molecule has 0 N–H and O–H groups in total. The van der Waals surface area contributed by atoms with E-state index in [2.05, 4.69) is 15.0 Å². The quantitative estimate of drug-likeness (QED) is 0.863. The fourth-order valence-electron chi connectivity index (χ4n) is 3.01. The van der Waals surface area contributed by atoms with Gasteiger partial charge in [0.25, 0.3) is 0 Å². The van der Waals surface area contributed by atoms with Gasteiger partial charge in [0.05, 0.1) is 17.6 Å². The van der Waals surface area contributed by atoms with Crippen LogP contribution in [-0.4, -0.2) is 43.4 Å². The molecule has 0 radical (unpaired) electrons. The molecule has 0 aromatic carbocycles. The SMILES string of the molecule is CC(=O)N1CC[C@@H](Cc2nccnc2-c2cnc(C)n2C)C1. The highest BCUT2D eigenvalue weighted by molar-refractivity contribution is 5.73. The molecule has 1 atom stereocenters. The first kappa shape index (κ1) is 14.7. The molecule has 6 nitrogen and oxygen atoms in total. The highest BCUT2D eigenvalue weighted by Gasteiger charge is 2.26. The summed E-state index contributed by atoms with van der Waals surface area (Å²) in [7, 11) is 1.99. The molecule has 1 saturated heterocycles. The molecule has 22 heavy (non-hydrogen) atoms. The van der Waals surface area contributed by atoms with Crippen LogP contribution in [-0.2, 0) is 18.3 Å². The van der Waals surface area contributed by atoms with Gasteiger partial charge in [0.2, 0.25) is 5.91 Å². The van der Waals surface area contributed by atoms with E-state index in [4.69, 9.17) is 0 Å². The van der Waals surface area contributed by atoms with Crippen molar-refractivity contribution in [2.24, 2.45) is 13.0 Å². The molecule has 1 fully saturated rings. The van der Waals surface area contributed by atoms with E-state index in [1.54, 1.807) is 19.3 Å². The van der Waals surface area contributed by atoms with Crippen molar-refractivity contribution in [3.63, 3.8) is 0 Å². The third-order valence-electron chi connectivity index (χ3n) is 4.45. The summed E-state index contributed by atoms with van der Waals surface area (Å²) >= 11 is 0. The van der Waals surface area contributed by atoms with E-state index in [0.29, 0.717) is 5.92 Å². The van der Waals surface area contributed by atoms with Crippen LogP contribution in [0.3, 0.4) is 0 Å². The Kier molecular flexibility index (Phi) is 3.92. The van der Waals surface area contributed by atoms with Crippen LogP contribution >= 0.6 is 0 Å². The number of likely N-dealkylation sites (tertiary alicyclic amines) is 1. The number of aromatic nitrogens is 4. The van der Waals surface area contributed by atoms with Gasteiger partial charge in [-0.3, -0.25) is 14.8 Å². The van der Waals surface area contributed by atoms with Crippen LogP contribution in [0.15, 0.2) is 18.6 Å². The first-order chi connectivity index (χ1) is 10.6. The first-order valence-corrected chi connectivity index (χ1v) is 7.60. The molecule has 3 heterocycles. The first-order valence-electron chi connectivity index (χ1n) is 7.60. The Morgan fingerprint density at radius 2 is 2.09 bits per heavy atom. The summed E-state index contributed by atoms with van der Waals surface area (Å²) in [5.74, 6) is 1.56. The van der Waals surface area contributed by atoms with Crippen molar-refractivity contribution in [2.75, 3.05) is 13.1 Å². The summed E-state index contributed by atoms with van der Waals surface area (Å²) in [6.07, 6.45) is 7.17. The minimum atomic E-state index is 0.157. The molecule has 2 aromatic rings. The van der Waals surface area contributed by atoms with Gasteiger partial charge in [-0.2, -0.15) is 0 Å². The van der Waals surface area contributed by atoms with Gasteiger partial charge in [0.1, 0.15) is 11.5 Å². The van der Waals surface area contributed by atoms with Crippen LogP contribution in [0, 0.1) is 12.8 Å². The number of carbonyl (C=O) groups excluding carboxylic acids is 1. The van der Waals surface area contributed by atoms with Gasteiger partial charge in [-0.25, -0.2) is 4.98 Å². The molecule has 3 rings (SSSR count). The van der Waals surface area contributed by atoms with Gasteiger partial charge in [-0.15, -0.1) is 0 Å². The van der Waals surface area contributed by atoms with Crippen molar-refractivity contribution < 1.29 is 4.79 Å². The molecular weight excluding hydrogens is 278 g/mol. The maximum absolute atomic E-state index is 11.5. The smallest absolute Gasteiger partial charge is 0.219 e. The van der Waals surface area contributed by atoms with Crippen molar-refractivity contribution >= 4 is 5.91 Å². The Hall–Kier alpha value is -2.24. The third-order valence-corrected chi connectivity index (χ3v) is 4.45. The number of nitrogens with zero attached hydrogens (tertiary/aromatic N) is 5. The number of imidazole rings is 1. The third kappa shape index (κ3) is 2.73. The van der Waals surface area contributed by atoms with E-state index in [1.165, 1.54) is 0 Å². The minimum Gasteiger partial charge on any atom is -0.343 e. The van der Waals surface area contributed by atoms with E-state index in [1.807, 2.05) is 29.6 Å². The molecule has 0 unspecified atom stereocenters. The summed E-state index contributed by atoms with van der Waals surface area (Å²) in [6.45, 7) is 5.27. The Bertz CT molecular complexity index is 694. The summed E-state index contributed by atoms with van der Waals surface area (Å²) in [4.78, 5) is 26.8. The van der Waals surface area contributed by atoms with Crippen molar-refractivity contribution in [1.82, 2.24) is 24.4 Å². The van der Waals surface area contributed by atoms with E-state index < -0.39 is 0 Å². The van der Waals surface area contributed by atoms with Gasteiger partial charge in [0, 0.05) is 39.5 Å². The van der Waals surface area contributed by atoms with Crippen molar-refractivity contribution in [3.8, 4) is 11.4 Å². The zero-order chi connectivity index (χ0) is 15.7. The van der Waals surface area contributed by atoms with E-state index in [0.717, 1.165) is 48.8 Å². The zero-order valence-corrected chi connectivity index (χ0v) is 13.3. The standard InChI is InChI=1S/C16H21N5O/c1-11-19-9-15(20(11)3)16-14(17-5-6-18-16)8-13-4-7-21(10-13)12(2)22/h5-6,9,13H,4,7-8,10H2,1-3H3/t13-/m0/s1. The maximum Gasteiger partial charge on any atom is 0.219 e. The van der Waals surface area contributed by atoms with Gasteiger partial charge in [0.15, 0.2) is 0 Å². The summed E-state index contributed by atoms with van der Waals surface area (Å²) in [5, 5.41) is 0. The lowest BCUT2D eigenvalue weighted by Crippen LogP contribution is -2.26. The summed E-state index contributed by atoms with van der Waals surface area (Å²) < 4.78 is 2.03. The number of carbonyl (C=O) groups is 1. The Balaban J connectivity index is 1.84. The zero-order valence-electron chi connectivity index (χ0n) is 13.3. The molecule has 1 amide bonds. The number of aryl methyl sites for hydroxylation is 1. The second-order valence-electron chi connectivity index (χ2n) is 5.93. The number of hydrogen-bond acceptors (Lipinski definition) is 4. The fourth-order valence-corrected chi connectivity index (χ4v) is 3.01. The van der Waals surface area contributed by atoms with Crippen LogP contribution in [0.25, 0.3) is 11.4 Å². The summed E-state index contributed by atoms with van der Waals surface area (Å²) in [5.41, 5.74) is 2.87. The molecule has 0 spiro atoms. The molecular formula is C16H21N5O. The molecule has 2 aromatic heterocycles. The molecule has 0 bridgehead atoms. The fraction of sp³-hybridized carbons (Fsp3) is 0.500. The van der Waals surface area contributed by atoms with Crippen LogP contribution in [0.1, 0.15) is 24.9 Å². The van der Waals surface area contributed by atoms with Gasteiger partial charge in [-0.1, -0.05) is 0 Å². The van der Waals surface area contributed by atoms with Crippen molar-refractivity contribution in [3.05, 3.63) is 30.1 Å². The lowest BCUT2D eigenvalue weighted by Gasteiger charge is -2.15. The van der Waals surface area contributed by atoms with Crippen molar-refractivity contribution in [2.45, 2.75) is 26.7 Å². The average molecular weight is 299 g/mol. The lowest BCUT2D eigenvalue weighted by molar-refractivity contribution is -0.127. The number of amides is 1. The Morgan fingerprint density at radius 3 is 2.73 bits per heavy atom. The van der Waals surface area contributed by atoms with Crippen molar-refractivity contribution in [1.29, 1.82) is 0 Å². The van der Waals surface area contributed by atoms with Crippen LogP contribution in [0.2, 0.25) is 0 Å². The van der Waals surface area contributed by atoms with Crippen LogP contribution < -0.4 is 0 Å². The minimum absolute atomic E-state index is 0.157. The van der Waals surface area contributed by atoms with E-state index >= 15 is 0 Å². The highest BCUT2D eigenvalue weighted by atomic mass is 16.2. The van der Waals surface area contributed by atoms with Gasteiger partial charge < -0.3 is 9.47 Å². The second kappa shape index (κ2) is 5.87. The van der Waals surface area contributed by atoms with E-state index in [-0.39, 0.29) is 5.91 Å². The van der Waals surface area contributed by atoms with Gasteiger partial charge in [-0.05, 0) is 25.7 Å². The molecule has 0 saturated carbocycles. The number of hydrogen-bond donors (Lipinski definition) is 0. The largest absolute Gasteiger partial charge is 0.343 e. The molecule has 1 aliphatic rings. The molecule has 116 valence electrons. The second-order valence-corrected chi connectivity index (χ2v) is 5.93. The lowest BCUT2D eigenvalue weighted by atomic mass is 10.0. The Labute approximate surface area is 130 Å². The summed E-state index contributed by atoms with van der Waals surface area (Å²) in [6, 6.07) is 0. The molecule has 6 heteroatoms. The molecule has 0 aliphatic carbocycles.